The zero-order valence-corrected chi connectivity index (χ0v) is 11.8. The van der Waals surface area contributed by atoms with E-state index in [2.05, 4.69) is 10.3 Å². The molecule has 1 aromatic heterocycles. The Kier molecular flexibility index (Phi) is 3.27. The summed E-state index contributed by atoms with van der Waals surface area (Å²) in [6.45, 7) is 2.65. The largest absolute Gasteiger partial charge is 0.454 e. The van der Waals surface area contributed by atoms with Gasteiger partial charge < -0.3 is 19.5 Å². The van der Waals surface area contributed by atoms with Crippen molar-refractivity contribution in [1.29, 1.82) is 0 Å². The second-order valence-corrected chi connectivity index (χ2v) is 5.53. The molecule has 1 fully saturated rings. The lowest BCUT2D eigenvalue weighted by Gasteiger charge is -2.09. The molecule has 5 heteroatoms. The van der Waals surface area contributed by atoms with Crippen LogP contribution in [-0.4, -0.2) is 31.5 Å². The van der Waals surface area contributed by atoms with E-state index in [4.69, 9.17) is 14.2 Å². The van der Waals surface area contributed by atoms with Gasteiger partial charge in [0.05, 0.1) is 6.61 Å². The summed E-state index contributed by atoms with van der Waals surface area (Å²) in [6.07, 6.45) is 4.45. The van der Waals surface area contributed by atoms with Crippen LogP contribution in [-0.2, 0) is 4.74 Å². The van der Waals surface area contributed by atoms with Crippen LogP contribution < -0.4 is 14.8 Å². The third-order valence-electron chi connectivity index (χ3n) is 3.85. The second kappa shape index (κ2) is 5.41. The summed E-state index contributed by atoms with van der Waals surface area (Å²) in [5.74, 6) is 3.25. The van der Waals surface area contributed by atoms with Crippen LogP contribution in [0.4, 0.5) is 5.82 Å². The Morgan fingerprint density at radius 2 is 2.10 bits per heavy atom. The molecule has 21 heavy (non-hydrogen) atoms. The van der Waals surface area contributed by atoms with Crippen LogP contribution in [0, 0.1) is 5.92 Å². The first-order valence-electron chi connectivity index (χ1n) is 7.40. The predicted molar refractivity (Wildman–Crippen MR) is 79.9 cm³/mol. The molecule has 2 aliphatic rings. The highest BCUT2D eigenvalue weighted by molar-refractivity contribution is 5.94. The molecule has 0 saturated heterocycles. The van der Waals surface area contributed by atoms with E-state index in [1.165, 1.54) is 12.8 Å². The molecule has 0 amide bonds. The fourth-order valence-electron chi connectivity index (χ4n) is 2.48. The van der Waals surface area contributed by atoms with Gasteiger partial charge in [0.25, 0.3) is 0 Å². The van der Waals surface area contributed by atoms with Gasteiger partial charge in [-0.25, -0.2) is 4.98 Å². The molecule has 5 nitrogen and oxygen atoms in total. The van der Waals surface area contributed by atoms with Gasteiger partial charge in [0, 0.05) is 24.7 Å². The van der Waals surface area contributed by atoms with Crippen LogP contribution in [0.1, 0.15) is 12.8 Å². The van der Waals surface area contributed by atoms with Crippen molar-refractivity contribution in [3.8, 4) is 11.5 Å². The Morgan fingerprint density at radius 1 is 1.24 bits per heavy atom. The maximum Gasteiger partial charge on any atom is 0.231 e. The number of nitrogens with zero attached hydrogens (tertiary/aromatic N) is 1. The molecule has 4 rings (SSSR count). The summed E-state index contributed by atoms with van der Waals surface area (Å²) in [5.41, 5.74) is 0. The number of fused-ring (bicyclic) bond motifs is 2. The van der Waals surface area contributed by atoms with Crippen molar-refractivity contribution < 1.29 is 14.2 Å². The molecule has 1 N–H and O–H groups in total. The van der Waals surface area contributed by atoms with Crippen molar-refractivity contribution in [2.45, 2.75) is 12.8 Å². The molecule has 110 valence electrons. The monoisotopic (exact) mass is 286 g/mol. The quantitative estimate of drug-likeness (QED) is 0.828. The Balaban J connectivity index is 1.46. The molecule has 2 aromatic rings. The number of benzene rings is 1. The van der Waals surface area contributed by atoms with Gasteiger partial charge in [0.15, 0.2) is 11.5 Å². The molecule has 0 atom stereocenters. The van der Waals surface area contributed by atoms with Crippen molar-refractivity contribution >= 4 is 16.6 Å². The first-order chi connectivity index (χ1) is 10.4. The third-order valence-corrected chi connectivity index (χ3v) is 3.85. The summed E-state index contributed by atoms with van der Waals surface area (Å²) >= 11 is 0. The zero-order chi connectivity index (χ0) is 14.1. The molecule has 0 bridgehead atoms. The number of hydrogen-bond acceptors (Lipinski definition) is 5. The van der Waals surface area contributed by atoms with Crippen LogP contribution in [0.2, 0.25) is 0 Å². The van der Waals surface area contributed by atoms with E-state index in [0.717, 1.165) is 47.2 Å². The SMILES string of the molecule is c1cc2cc3c(cc2c(NCCOCC2CC2)n1)OCO3. The number of anilines is 1. The minimum atomic E-state index is 0.289. The highest BCUT2D eigenvalue weighted by atomic mass is 16.7. The Hall–Kier alpha value is -2.01. The molecule has 0 radical (unpaired) electrons. The summed E-state index contributed by atoms with van der Waals surface area (Å²) in [5, 5.41) is 5.48. The number of rotatable bonds is 6. The number of pyridine rings is 1. The summed E-state index contributed by atoms with van der Waals surface area (Å²) in [7, 11) is 0. The Labute approximate surface area is 123 Å². The van der Waals surface area contributed by atoms with Gasteiger partial charge in [-0.05, 0) is 42.3 Å². The highest BCUT2D eigenvalue weighted by Gasteiger charge is 2.21. The average molecular weight is 286 g/mol. The number of aromatic nitrogens is 1. The Morgan fingerprint density at radius 3 is 2.95 bits per heavy atom. The minimum Gasteiger partial charge on any atom is -0.454 e. The molecule has 0 unspecified atom stereocenters. The molecule has 1 aliphatic heterocycles. The van der Waals surface area contributed by atoms with Gasteiger partial charge in [-0.15, -0.1) is 0 Å². The average Bonchev–Trinajstić information content (AvgIpc) is 3.21. The van der Waals surface area contributed by atoms with E-state index in [1.54, 1.807) is 6.20 Å². The zero-order valence-electron chi connectivity index (χ0n) is 11.8. The van der Waals surface area contributed by atoms with E-state index in [0.29, 0.717) is 6.61 Å². The van der Waals surface area contributed by atoms with Crippen molar-refractivity contribution in [3.63, 3.8) is 0 Å². The van der Waals surface area contributed by atoms with Crippen molar-refractivity contribution in [2.24, 2.45) is 5.92 Å². The van der Waals surface area contributed by atoms with Crippen LogP contribution in [0.25, 0.3) is 10.8 Å². The summed E-state index contributed by atoms with van der Waals surface area (Å²) < 4.78 is 16.5. The maximum absolute atomic E-state index is 5.63. The maximum atomic E-state index is 5.63. The second-order valence-electron chi connectivity index (χ2n) is 5.53. The summed E-state index contributed by atoms with van der Waals surface area (Å²) in [4.78, 5) is 4.41. The standard InChI is InChI=1S/C16H18N2O3/c1-2-11(1)9-19-6-5-18-16-13-8-15-14(20-10-21-15)7-12(13)3-4-17-16/h3-4,7-8,11H,1-2,5-6,9-10H2,(H,17,18). The van der Waals surface area contributed by atoms with E-state index < -0.39 is 0 Å². The fourth-order valence-corrected chi connectivity index (χ4v) is 2.48. The van der Waals surface area contributed by atoms with Gasteiger partial charge in [-0.1, -0.05) is 0 Å². The lowest BCUT2D eigenvalue weighted by Crippen LogP contribution is -2.11. The van der Waals surface area contributed by atoms with E-state index in [-0.39, 0.29) is 6.79 Å². The molecule has 1 aliphatic carbocycles. The van der Waals surface area contributed by atoms with Crippen LogP contribution in [0.3, 0.4) is 0 Å². The highest BCUT2D eigenvalue weighted by Crippen LogP contribution is 2.37. The molecule has 0 spiro atoms. The van der Waals surface area contributed by atoms with Crippen molar-refractivity contribution in [1.82, 2.24) is 4.98 Å². The first-order valence-corrected chi connectivity index (χ1v) is 7.40. The lowest BCUT2D eigenvalue weighted by molar-refractivity contribution is 0.134. The first kappa shape index (κ1) is 12.7. The molecular weight excluding hydrogens is 268 g/mol. The van der Waals surface area contributed by atoms with Gasteiger partial charge in [-0.3, -0.25) is 0 Å². The van der Waals surface area contributed by atoms with E-state index >= 15 is 0 Å². The molecule has 1 saturated carbocycles. The topological polar surface area (TPSA) is 52.6 Å². The predicted octanol–water partition coefficient (Wildman–Crippen LogP) is 2.80. The fraction of sp³-hybridized carbons (Fsp3) is 0.438. The molecule has 2 heterocycles. The number of hydrogen-bond donors (Lipinski definition) is 1. The lowest BCUT2D eigenvalue weighted by atomic mass is 10.1. The Bertz CT molecular complexity index is 655. The third kappa shape index (κ3) is 2.74. The van der Waals surface area contributed by atoms with Crippen molar-refractivity contribution in [2.75, 3.05) is 31.9 Å². The summed E-state index contributed by atoms with van der Waals surface area (Å²) in [6, 6.07) is 5.96. The van der Waals surface area contributed by atoms with Gasteiger partial charge in [0.1, 0.15) is 5.82 Å². The number of ether oxygens (including phenoxy) is 3. The minimum absolute atomic E-state index is 0.289. The van der Waals surface area contributed by atoms with Crippen molar-refractivity contribution in [3.05, 3.63) is 24.4 Å². The normalized spacial score (nSPS) is 16.4. The molecule has 1 aromatic carbocycles. The smallest absolute Gasteiger partial charge is 0.231 e. The number of nitrogens with one attached hydrogen (secondary N) is 1. The van der Waals surface area contributed by atoms with Gasteiger partial charge in [0.2, 0.25) is 6.79 Å². The van der Waals surface area contributed by atoms with Gasteiger partial charge >= 0.3 is 0 Å². The van der Waals surface area contributed by atoms with Crippen LogP contribution in [0.5, 0.6) is 11.5 Å². The van der Waals surface area contributed by atoms with Crippen LogP contribution in [0.15, 0.2) is 24.4 Å². The van der Waals surface area contributed by atoms with Gasteiger partial charge in [-0.2, -0.15) is 0 Å². The molecular formula is C16H18N2O3. The van der Waals surface area contributed by atoms with E-state index in [1.807, 2.05) is 18.2 Å². The van der Waals surface area contributed by atoms with E-state index in [9.17, 15) is 0 Å². The van der Waals surface area contributed by atoms with Crippen LogP contribution >= 0.6 is 0 Å².